The smallest absolute Gasteiger partial charge is 0.387 e. The van der Waals surface area contributed by atoms with E-state index in [2.05, 4.69) is 14.8 Å². The zero-order valence-electron chi connectivity index (χ0n) is 14.1. The minimum atomic E-state index is -3.18. The van der Waals surface area contributed by atoms with E-state index in [4.69, 9.17) is 4.74 Å². The number of methoxy groups -OCH3 is 1. The van der Waals surface area contributed by atoms with Gasteiger partial charge in [0.25, 0.3) is 11.2 Å². The van der Waals surface area contributed by atoms with Crippen LogP contribution in [-0.4, -0.2) is 38.0 Å². The van der Waals surface area contributed by atoms with Crippen molar-refractivity contribution < 1.29 is 23.2 Å². The number of nitrogens with zero attached hydrogens (tertiary/aromatic N) is 5. The van der Waals surface area contributed by atoms with Gasteiger partial charge < -0.3 is 9.47 Å². The van der Waals surface area contributed by atoms with Crippen molar-refractivity contribution in [2.45, 2.75) is 13.2 Å². The Balaban J connectivity index is 2.09. The van der Waals surface area contributed by atoms with Crippen molar-refractivity contribution in [1.29, 1.82) is 0 Å². The highest BCUT2D eigenvalue weighted by atomic mass is 19.3. The lowest BCUT2D eigenvalue weighted by molar-refractivity contribution is -0.385. The van der Waals surface area contributed by atoms with Crippen molar-refractivity contribution in [1.82, 2.24) is 19.3 Å². The maximum Gasteiger partial charge on any atom is 0.387 e. The summed E-state index contributed by atoms with van der Waals surface area (Å²) in [6.45, 7) is -3.40. The first kappa shape index (κ1) is 18.2. The molecule has 2 aromatic heterocycles. The number of nitro benzene ring substituents is 1. The molecule has 0 unspecified atom stereocenters. The number of hydrogen-bond donors (Lipinski definition) is 0. The molecule has 0 fully saturated rings. The molecule has 0 aliphatic carbocycles. The van der Waals surface area contributed by atoms with Crippen LogP contribution in [-0.2, 0) is 13.6 Å². The molecule has 12 heteroatoms. The molecular weight excluding hydrogens is 368 g/mol. The Kier molecular flexibility index (Phi) is 4.71. The van der Waals surface area contributed by atoms with Crippen molar-refractivity contribution >= 4 is 16.7 Å². The summed E-state index contributed by atoms with van der Waals surface area (Å²) < 4.78 is 36.8. The molecule has 0 aliphatic rings. The van der Waals surface area contributed by atoms with Gasteiger partial charge in [0.15, 0.2) is 17.1 Å². The molecule has 0 bridgehead atoms. The highest BCUT2D eigenvalue weighted by Crippen LogP contribution is 2.35. The van der Waals surface area contributed by atoms with E-state index in [9.17, 15) is 23.7 Å². The monoisotopic (exact) mass is 381 g/mol. The summed E-state index contributed by atoms with van der Waals surface area (Å²) in [6.07, 6.45) is 2.57. The zero-order chi connectivity index (χ0) is 19.7. The first-order valence-corrected chi connectivity index (χ1v) is 7.49. The molecule has 0 spiro atoms. The summed E-state index contributed by atoms with van der Waals surface area (Å²) in [7, 11) is 2.83. The molecule has 10 nitrogen and oxygen atoms in total. The fourth-order valence-electron chi connectivity index (χ4n) is 2.60. The fourth-order valence-corrected chi connectivity index (χ4v) is 2.60. The van der Waals surface area contributed by atoms with Gasteiger partial charge >= 0.3 is 6.61 Å². The van der Waals surface area contributed by atoms with E-state index >= 15 is 0 Å². The molecule has 0 N–H and O–H groups in total. The summed E-state index contributed by atoms with van der Waals surface area (Å²) in [4.78, 5) is 27.2. The van der Waals surface area contributed by atoms with Crippen LogP contribution in [0.4, 0.5) is 14.5 Å². The third kappa shape index (κ3) is 3.41. The molecule has 0 amide bonds. The van der Waals surface area contributed by atoms with Gasteiger partial charge in [-0.05, 0) is 6.07 Å². The predicted molar refractivity (Wildman–Crippen MR) is 88.2 cm³/mol. The Hall–Kier alpha value is -3.57. The number of fused-ring (bicyclic) bond motifs is 1. The molecular formula is C15H13F2N5O5. The number of alkyl halides is 2. The lowest BCUT2D eigenvalue weighted by atomic mass is 10.1. The van der Waals surface area contributed by atoms with Crippen LogP contribution in [0.3, 0.4) is 0 Å². The van der Waals surface area contributed by atoms with Crippen molar-refractivity contribution in [3.05, 3.63) is 50.7 Å². The number of benzene rings is 1. The van der Waals surface area contributed by atoms with Gasteiger partial charge in [-0.3, -0.25) is 24.2 Å². The first-order valence-electron chi connectivity index (χ1n) is 7.49. The van der Waals surface area contributed by atoms with Gasteiger partial charge in [-0.2, -0.15) is 13.9 Å². The highest BCUT2D eigenvalue weighted by molar-refractivity contribution is 5.72. The van der Waals surface area contributed by atoms with Gasteiger partial charge in [-0.15, -0.1) is 0 Å². The minimum Gasteiger partial charge on any atom is -0.493 e. The molecule has 0 atom stereocenters. The molecule has 1 aromatic carbocycles. The van der Waals surface area contributed by atoms with Crippen LogP contribution in [0.25, 0.3) is 11.0 Å². The third-order valence-electron chi connectivity index (χ3n) is 3.84. The van der Waals surface area contributed by atoms with Crippen molar-refractivity contribution in [3.8, 4) is 11.5 Å². The van der Waals surface area contributed by atoms with E-state index in [0.717, 1.165) is 10.6 Å². The molecule has 3 aromatic rings. The van der Waals surface area contributed by atoms with E-state index < -0.39 is 28.5 Å². The van der Waals surface area contributed by atoms with Crippen molar-refractivity contribution in [2.75, 3.05) is 7.11 Å². The fraction of sp³-hybridized carbons (Fsp3) is 0.267. The molecule has 0 radical (unpaired) electrons. The maximum absolute atomic E-state index is 12.5. The number of aryl methyl sites for hydroxylation is 1. The highest BCUT2D eigenvalue weighted by Gasteiger charge is 2.22. The van der Waals surface area contributed by atoms with Crippen LogP contribution in [0.1, 0.15) is 5.56 Å². The predicted octanol–water partition coefficient (Wildman–Crippen LogP) is 1.70. The van der Waals surface area contributed by atoms with Crippen LogP contribution >= 0.6 is 0 Å². The second-order valence-corrected chi connectivity index (χ2v) is 5.45. The normalized spacial score (nSPS) is 11.1. The van der Waals surface area contributed by atoms with Gasteiger partial charge in [0.05, 0.1) is 36.4 Å². The lowest BCUT2D eigenvalue weighted by Crippen LogP contribution is -2.21. The Labute approximate surface area is 149 Å². The SMILES string of the molecule is COc1cc(Cn2cnc3c(cnn3C)c2=O)c([N+](=O)[O-])cc1OC(F)F. The zero-order valence-corrected chi connectivity index (χ0v) is 14.1. The summed E-state index contributed by atoms with van der Waals surface area (Å²) in [5.41, 5.74) is -0.520. The molecule has 0 aliphatic heterocycles. The van der Waals surface area contributed by atoms with Crippen LogP contribution in [0.2, 0.25) is 0 Å². The third-order valence-corrected chi connectivity index (χ3v) is 3.84. The van der Waals surface area contributed by atoms with Gasteiger partial charge in [0.2, 0.25) is 0 Å². The van der Waals surface area contributed by atoms with E-state index in [1.807, 2.05) is 0 Å². The molecule has 0 saturated carbocycles. The second kappa shape index (κ2) is 6.97. The van der Waals surface area contributed by atoms with Crippen LogP contribution in [0.15, 0.2) is 29.5 Å². The summed E-state index contributed by atoms with van der Waals surface area (Å²) in [5.74, 6) is -0.601. The summed E-state index contributed by atoms with van der Waals surface area (Å²) in [5, 5.41) is 15.5. The topological polar surface area (TPSA) is 114 Å². The van der Waals surface area contributed by atoms with Crippen LogP contribution in [0.5, 0.6) is 11.5 Å². The van der Waals surface area contributed by atoms with Gasteiger partial charge in [-0.25, -0.2) is 4.98 Å². The Morgan fingerprint density at radius 3 is 2.70 bits per heavy atom. The maximum atomic E-state index is 12.5. The van der Waals surface area contributed by atoms with Crippen molar-refractivity contribution in [3.63, 3.8) is 0 Å². The number of halogens is 2. The Bertz CT molecular complexity index is 1080. The average molecular weight is 381 g/mol. The Morgan fingerprint density at radius 2 is 2.07 bits per heavy atom. The van der Waals surface area contributed by atoms with Crippen molar-refractivity contribution in [2.24, 2.45) is 7.05 Å². The van der Waals surface area contributed by atoms with E-state index in [1.165, 1.54) is 30.4 Å². The molecule has 0 saturated heterocycles. The second-order valence-electron chi connectivity index (χ2n) is 5.45. The van der Waals surface area contributed by atoms with Crippen LogP contribution in [0, 0.1) is 10.1 Å². The average Bonchev–Trinajstić information content (AvgIpc) is 2.99. The quantitative estimate of drug-likeness (QED) is 0.471. The summed E-state index contributed by atoms with van der Waals surface area (Å²) >= 11 is 0. The molecule has 142 valence electrons. The number of nitro groups is 1. The summed E-state index contributed by atoms with van der Waals surface area (Å²) in [6, 6.07) is 2.01. The van der Waals surface area contributed by atoms with E-state index in [0.29, 0.717) is 5.65 Å². The van der Waals surface area contributed by atoms with E-state index in [-0.39, 0.29) is 23.2 Å². The van der Waals surface area contributed by atoms with E-state index in [1.54, 1.807) is 7.05 Å². The van der Waals surface area contributed by atoms with Crippen LogP contribution < -0.4 is 15.0 Å². The number of rotatable bonds is 6. The number of hydrogen-bond acceptors (Lipinski definition) is 7. The van der Waals surface area contributed by atoms with Gasteiger partial charge in [0, 0.05) is 7.05 Å². The van der Waals surface area contributed by atoms with Gasteiger partial charge in [0.1, 0.15) is 11.7 Å². The minimum absolute atomic E-state index is 0.0607. The first-order chi connectivity index (χ1) is 12.8. The largest absolute Gasteiger partial charge is 0.493 e. The lowest BCUT2D eigenvalue weighted by Gasteiger charge is -2.13. The number of aromatic nitrogens is 4. The Morgan fingerprint density at radius 1 is 1.33 bits per heavy atom. The molecule has 3 rings (SSSR count). The molecule has 2 heterocycles. The molecule has 27 heavy (non-hydrogen) atoms. The standard InChI is InChI=1S/C15H13F2N5O5/c1-20-13-9(5-19-20)14(23)21(7-18-13)6-8-3-11(26-2)12(27-15(16)17)4-10(8)22(24)25/h3-5,7,15H,6H2,1-2H3. The number of ether oxygens (including phenoxy) is 2. The van der Waals surface area contributed by atoms with Gasteiger partial charge in [-0.1, -0.05) is 0 Å².